The summed E-state index contributed by atoms with van der Waals surface area (Å²) in [6, 6.07) is 0. The summed E-state index contributed by atoms with van der Waals surface area (Å²) in [5.74, 6) is 0. The van der Waals surface area contributed by atoms with Gasteiger partial charge >= 0.3 is 0 Å². The first-order valence-corrected chi connectivity index (χ1v) is 6.47. The molecule has 0 atom stereocenters. The van der Waals surface area contributed by atoms with Crippen molar-refractivity contribution in [1.29, 1.82) is 0 Å². The van der Waals surface area contributed by atoms with Crippen molar-refractivity contribution >= 4 is 0 Å². The Morgan fingerprint density at radius 1 is 1.12 bits per heavy atom. The summed E-state index contributed by atoms with van der Waals surface area (Å²) < 4.78 is 1.08. The van der Waals surface area contributed by atoms with E-state index < -0.39 is 0 Å². The first-order valence-electron chi connectivity index (χ1n) is 6.47. The van der Waals surface area contributed by atoms with Gasteiger partial charge in [-0.05, 0) is 34.0 Å². The molecule has 0 aliphatic heterocycles. The Bertz CT molecular complexity index is 184. The molecule has 16 heavy (non-hydrogen) atoms. The van der Waals surface area contributed by atoms with Crippen LogP contribution in [0, 0.1) is 0 Å². The highest BCUT2D eigenvalue weighted by Gasteiger charge is 2.35. The minimum atomic E-state index is 0.344. The maximum absolute atomic E-state index is 3.25. The molecule has 0 saturated heterocycles. The second-order valence-corrected chi connectivity index (χ2v) is 5.75. The molecular weight excluding hydrogens is 198 g/mol. The zero-order valence-corrected chi connectivity index (χ0v) is 12.4. The van der Waals surface area contributed by atoms with Crippen LogP contribution in [0.2, 0.25) is 0 Å². The predicted molar refractivity (Wildman–Crippen MR) is 72.8 cm³/mol. The van der Waals surface area contributed by atoms with Gasteiger partial charge in [-0.2, -0.15) is 0 Å². The van der Waals surface area contributed by atoms with Crippen molar-refractivity contribution in [3.05, 3.63) is 0 Å². The summed E-state index contributed by atoms with van der Waals surface area (Å²) in [6.07, 6.45) is 2.44. The largest absolute Gasteiger partial charge is 0.326 e. The monoisotopic (exact) mass is 230 g/mol. The summed E-state index contributed by atoms with van der Waals surface area (Å²) in [7, 11) is 11.1. The highest BCUT2D eigenvalue weighted by molar-refractivity contribution is 4.85. The Morgan fingerprint density at radius 2 is 1.62 bits per heavy atom. The van der Waals surface area contributed by atoms with E-state index in [1.54, 1.807) is 0 Å². The molecule has 0 bridgehead atoms. The van der Waals surface area contributed by atoms with Gasteiger partial charge in [0, 0.05) is 6.54 Å². The number of quaternary nitrogens is 1. The summed E-state index contributed by atoms with van der Waals surface area (Å²) >= 11 is 0. The molecule has 1 N–H and O–H groups in total. The smallest absolute Gasteiger partial charge is 0.0969 e. The van der Waals surface area contributed by atoms with Gasteiger partial charge in [0.15, 0.2) is 0 Å². The maximum Gasteiger partial charge on any atom is 0.0969 e. The van der Waals surface area contributed by atoms with Crippen molar-refractivity contribution in [2.75, 3.05) is 54.9 Å². The van der Waals surface area contributed by atoms with E-state index in [1.165, 1.54) is 25.9 Å². The number of nitrogens with one attached hydrogen (secondary N) is 1. The highest BCUT2D eigenvalue weighted by Crippen LogP contribution is 2.24. The van der Waals surface area contributed by atoms with E-state index in [4.69, 9.17) is 0 Å². The van der Waals surface area contributed by atoms with Crippen molar-refractivity contribution < 1.29 is 4.48 Å². The van der Waals surface area contributed by atoms with Gasteiger partial charge in [-0.1, -0.05) is 13.8 Å². The first-order chi connectivity index (χ1) is 7.33. The topological polar surface area (TPSA) is 15.3 Å². The van der Waals surface area contributed by atoms with E-state index in [9.17, 15) is 0 Å². The number of rotatable bonds is 8. The summed E-state index contributed by atoms with van der Waals surface area (Å²) in [6.45, 7) is 8.11. The SMILES string of the molecule is CCC(CC)(C[N+](C)(C)CCNC)N(C)C. The van der Waals surface area contributed by atoms with Gasteiger partial charge in [0.1, 0.15) is 0 Å². The molecule has 0 aliphatic rings. The summed E-state index contributed by atoms with van der Waals surface area (Å²) in [4.78, 5) is 2.41. The molecule has 0 spiro atoms. The minimum Gasteiger partial charge on any atom is -0.326 e. The van der Waals surface area contributed by atoms with Crippen molar-refractivity contribution in [2.24, 2.45) is 0 Å². The summed E-state index contributed by atoms with van der Waals surface area (Å²) in [5, 5.41) is 3.25. The van der Waals surface area contributed by atoms with Crippen LogP contribution >= 0.6 is 0 Å². The Kier molecular flexibility index (Phi) is 6.53. The first kappa shape index (κ1) is 15.9. The van der Waals surface area contributed by atoms with Crippen LogP contribution in [0.5, 0.6) is 0 Å². The lowest BCUT2D eigenvalue weighted by Gasteiger charge is -2.44. The van der Waals surface area contributed by atoms with E-state index in [0.29, 0.717) is 5.54 Å². The van der Waals surface area contributed by atoms with Gasteiger partial charge in [-0.25, -0.2) is 0 Å². The molecule has 0 saturated carbocycles. The Labute approximate surface area is 102 Å². The Morgan fingerprint density at radius 3 is 1.94 bits per heavy atom. The van der Waals surface area contributed by atoms with Crippen LogP contribution in [0.25, 0.3) is 0 Å². The third kappa shape index (κ3) is 4.40. The molecule has 98 valence electrons. The third-order valence-corrected chi connectivity index (χ3v) is 3.95. The molecule has 3 heteroatoms. The fourth-order valence-electron chi connectivity index (χ4n) is 2.54. The lowest BCUT2D eigenvalue weighted by molar-refractivity contribution is -0.894. The molecule has 0 fully saturated rings. The van der Waals surface area contributed by atoms with Crippen LogP contribution in [0.15, 0.2) is 0 Å². The van der Waals surface area contributed by atoms with Gasteiger partial charge in [0.2, 0.25) is 0 Å². The normalized spacial score (nSPS) is 13.5. The lowest BCUT2D eigenvalue weighted by Crippen LogP contribution is -2.58. The highest BCUT2D eigenvalue weighted by atomic mass is 15.3. The van der Waals surface area contributed by atoms with Crippen LogP contribution in [0.1, 0.15) is 26.7 Å². The quantitative estimate of drug-likeness (QED) is 0.634. The van der Waals surface area contributed by atoms with Crippen molar-refractivity contribution in [3.8, 4) is 0 Å². The molecule has 0 aromatic heterocycles. The molecule has 0 radical (unpaired) electrons. The zero-order chi connectivity index (χ0) is 12.8. The molecular formula is C13H32N3+. The van der Waals surface area contributed by atoms with Crippen molar-refractivity contribution in [3.63, 3.8) is 0 Å². The summed E-state index contributed by atoms with van der Waals surface area (Å²) in [5.41, 5.74) is 0.344. The van der Waals surface area contributed by atoms with E-state index in [1.807, 2.05) is 7.05 Å². The van der Waals surface area contributed by atoms with Crippen LogP contribution in [0.3, 0.4) is 0 Å². The van der Waals surface area contributed by atoms with E-state index in [0.717, 1.165) is 11.0 Å². The molecule has 0 aliphatic carbocycles. The average molecular weight is 230 g/mol. The number of hydrogen-bond donors (Lipinski definition) is 1. The Hall–Kier alpha value is -0.120. The lowest BCUT2D eigenvalue weighted by atomic mass is 9.90. The van der Waals surface area contributed by atoms with Crippen LogP contribution < -0.4 is 5.32 Å². The zero-order valence-electron chi connectivity index (χ0n) is 12.4. The molecule has 0 aromatic carbocycles. The van der Waals surface area contributed by atoms with Gasteiger partial charge in [0.05, 0.1) is 32.7 Å². The molecule has 0 aromatic rings. The van der Waals surface area contributed by atoms with Gasteiger partial charge in [-0.15, -0.1) is 0 Å². The fourth-order valence-corrected chi connectivity index (χ4v) is 2.54. The van der Waals surface area contributed by atoms with E-state index in [2.05, 4.69) is 52.3 Å². The number of nitrogens with zero attached hydrogens (tertiary/aromatic N) is 2. The standard InChI is InChI=1S/C13H32N3/c1-8-13(9-2,15(4)5)12-16(6,7)11-10-14-3/h14H,8-12H2,1-7H3/q+1. The van der Waals surface area contributed by atoms with Crippen LogP contribution in [-0.4, -0.2) is 69.8 Å². The van der Waals surface area contributed by atoms with Crippen LogP contribution in [0.4, 0.5) is 0 Å². The predicted octanol–water partition coefficient (Wildman–Crippen LogP) is 1.40. The van der Waals surface area contributed by atoms with Gasteiger partial charge < -0.3 is 9.80 Å². The second kappa shape index (κ2) is 6.58. The molecule has 0 unspecified atom stereocenters. The van der Waals surface area contributed by atoms with E-state index >= 15 is 0 Å². The molecule has 0 amide bonds. The van der Waals surface area contributed by atoms with Gasteiger partial charge in [0.25, 0.3) is 0 Å². The number of likely N-dealkylation sites (N-methyl/N-ethyl adjacent to an activating group) is 3. The molecule has 0 heterocycles. The number of hydrogen-bond acceptors (Lipinski definition) is 2. The van der Waals surface area contributed by atoms with Crippen molar-refractivity contribution in [2.45, 2.75) is 32.2 Å². The van der Waals surface area contributed by atoms with E-state index in [-0.39, 0.29) is 0 Å². The third-order valence-electron chi connectivity index (χ3n) is 3.95. The van der Waals surface area contributed by atoms with Crippen LogP contribution in [-0.2, 0) is 0 Å². The molecule has 3 nitrogen and oxygen atoms in total. The van der Waals surface area contributed by atoms with Gasteiger partial charge in [-0.3, -0.25) is 4.90 Å². The maximum atomic E-state index is 3.25. The Balaban J connectivity index is 4.60. The molecule has 0 rings (SSSR count). The minimum absolute atomic E-state index is 0.344. The fraction of sp³-hybridized carbons (Fsp3) is 1.00. The average Bonchev–Trinajstić information content (AvgIpc) is 2.23. The second-order valence-electron chi connectivity index (χ2n) is 5.75. The van der Waals surface area contributed by atoms with Crippen molar-refractivity contribution in [1.82, 2.24) is 10.2 Å².